The number of nitrogens with one attached hydrogen (secondary N) is 1. The van der Waals surface area contributed by atoms with E-state index in [0.717, 1.165) is 11.8 Å². The van der Waals surface area contributed by atoms with Crippen LogP contribution in [0.3, 0.4) is 0 Å². The summed E-state index contributed by atoms with van der Waals surface area (Å²) in [6.07, 6.45) is 4.99. The van der Waals surface area contributed by atoms with Crippen molar-refractivity contribution in [3.8, 4) is 0 Å². The lowest BCUT2D eigenvalue weighted by Crippen LogP contribution is -2.27. The molecule has 1 aliphatic carbocycles. The summed E-state index contributed by atoms with van der Waals surface area (Å²) in [6.45, 7) is 1.92. The SMILES string of the molecule is CO/C(=C\C(=O)NC1=CC=C(N)CC1C)C(=O)O. The van der Waals surface area contributed by atoms with Crippen LogP contribution in [-0.2, 0) is 14.3 Å². The predicted molar refractivity (Wildman–Crippen MR) is 65.0 cm³/mol. The molecule has 1 aliphatic rings. The van der Waals surface area contributed by atoms with Crippen molar-refractivity contribution >= 4 is 11.9 Å². The van der Waals surface area contributed by atoms with E-state index in [0.29, 0.717) is 12.1 Å². The van der Waals surface area contributed by atoms with Crippen LogP contribution >= 0.6 is 0 Å². The quantitative estimate of drug-likeness (QED) is 0.499. The number of aliphatic carboxylic acids is 1. The molecule has 6 heteroatoms. The van der Waals surface area contributed by atoms with Gasteiger partial charge in [0.25, 0.3) is 5.91 Å². The van der Waals surface area contributed by atoms with Crippen LogP contribution in [0.2, 0.25) is 0 Å². The molecule has 1 atom stereocenters. The first kappa shape index (κ1) is 13.8. The van der Waals surface area contributed by atoms with Crippen molar-refractivity contribution in [2.75, 3.05) is 7.11 Å². The molecule has 0 aromatic rings. The maximum atomic E-state index is 11.6. The Morgan fingerprint density at radius 2 is 2.22 bits per heavy atom. The molecule has 18 heavy (non-hydrogen) atoms. The minimum absolute atomic E-state index is 0.0863. The molecular weight excluding hydrogens is 236 g/mol. The van der Waals surface area contributed by atoms with Gasteiger partial charge in [-0.05, 0) is 18.6 Å². The normalized spacial score (nSPS) is 19.7. The standard InChI is InChI=1S/C12H16N2O4/c1-7-5-8(13)3-4-9(7)14-11(15)6-10(18-2)12(16)17/h3-4,6-7H,5,13H2,1-2H3,(H,14,15)(H,16,17)/b10-6-. The van der Waals surface area contributed by atoms with E-state index in [2.05, 4.69) is 10.1 Å². The first-order valence-corrected chi connectivity index (χ1v) is 5.40. The smallest absolute Gasteiger partial charge is 0.371 e. The van der Waals surface area contributed by atoms with E-state index in [-0.39, 0.29) is 5.92 Å². The Kier molecular flexibility index (Phi) is 4.53. The number of hydrogen-bond donors (Lipinski definition) is 3. The molecule has 0 bridgehead atoms. The Morgan fingerprint density at radius 3 is 2.72 bits per heavy atom. The largest absolute Gasteiger partial charge is 0.490 e. The highest BCUT2D eigenvalue weighted by atomic mass is 16.5. The van der Waals surface area contributed by atoms with Gasteiger partial charge in [-0.2, -0.15) is 0 Å². The van der Waals surface area contributed by atoms with Crippen LogP contribution in [0.4, 0.5) is 0 Å². The van der Waals surface area contributed by atoms with Crippen LogP contribution < -0.4 is 11.1 Å². The average molecular weight is 252 g/mol. The molecule has 0 heterocycles. The van der Waals surface area contributed by atoms with Crippen LogP contribution in [0, 0.1) is 5.92 Å². The van der Waals surface area contributed by atoms with Crippen molar-refractivity contribution in [2.24, 2.45) is 11.7 Å². The van der Waals surface area contributed by atoms with Gasteiger partial charge >= 0.3 is 5.97 Å². The van der Waals surface area contributed by atoms with Crippen LogP contribution in [0.15, 0.2) is 35.4 Å². The van der Waals surface area contributed by atoms with Crippen molar-refractivity contribution < 1.29 is 19.4 Å². The Balaban J connectivity index is 2.74. The zero-order valence-electron chi connectivity index (χ0n) is 10.3. The summed E-state index contributed by atoms with van der Waals surface area (Å²) < 4.78 is 4.56. The molecule has 0 radical (unpaired) electrons. The number of ether oxygens (including phenoxy) is 1. The van der Waals surface area contributed by atoms with Gasteiger partial charge in [-0.1, -0.05) is 6.92 Å². The summed E-state index contributed by atoms with van der Waals surface area (Å²) in [5.41, 5.74) is 7.10. The Hall–Kier alpha value is -2.24. The number of carbonyl (C=O) groups excluding carboxylic acids is 1. The fraction of sp³-hybridized carbons (Fsp3) is 0.333. The maximum Gasteiger partial charge on any atom is 0.371 e. The minimum Gasteiger partial charge on any atom is -0.490 e. The zero-order chi connectivity index (χ0) is 13.7. The van der Waals surface area contributed by atoms with E-state index in [1.807, 2.05) is 6.92 Å². The number of amides is 1. The third-order valence-corrected chi connectivity index (χ3v) is 2.51. The molecule has 0 saturated heterocycles. The second kappa shape index (κ2) is 5.90. The van der Waals surface area contributed by atoms with Gasteiger partial charge in [0.05, 0.1) is 13.2 Å². The molecule has 98 valence electrons. The molecule has 1 unspecified atom stereocenters. The predicted octanol–water partition coefficient (Wildman–Crippen LogP) is 0.484. The summed E-state index contributed by atoms with van der Waals surface area (Å²) in [6, 6.07) is 0. The van der Waals surface area contributed by atoms with Crippen LogP contribution in [0.1, 0.15) is 13.3 Å². The van der Waals surface area contributed by atoms with Crippen molar-refractivity contribution in [3.05, 3.63) is 35.4 Å². The third-order valence-electron chi connectivity index (χ3n) is 2.51. The van der Waals surface area contributed by atoms with E-state index >= 15 is 0 Å². The molecule has 4 N–H and O–H groups in total. The second-order valence-electron chi connectivity index (χ2n) is 3.98. The monoisotopic (exact) mass is 252 g/mol. The van der Waals surface area contributed by atoms with E-state index in [1.54, 1.807) is 12.2 Å². The number of rotatable bonds is 4. The van der Waals surface area contributed by atoms with Crippen LogP contribution in [0.25, 0.3) is 0 Å². The number of carboxylic acids is 1. The van der Waals surface area contributed by atoms with Gasteiger partial charge in [-0.3, -0.25) is 4.79 Å². The minimum atomic E-state index is -1.29. The fourth-order valence-electron chi connectivity index (χ4n) is 1.56. The van der Waals surface area contributed by atoms with Crippen LogP contribution in [-0.4, -0.2) is 24.1 Å². The number of carbonyl (C=O) groups is 2. The number of carboxylic acid groups (broad SMARTS) is 1. The molecular formula is C12H16N2O4. The van der Waals surface area contributed by atoms with E-state index in [4.69, 9.17) is 10.8 Å². The first-order chi connectivity index (χ1) is 8.43. The van der Waals surface area contributed by atoms with Gasteiger partial charge in [0.1, 0.15) is 0 Å². The van der Waals surface area contributed by atoms with E-state index < -0.39 is 17.6 Å². The van der Waals surface area contributed by atoms with Gasteiger partial charge < -0.3 is 20.9 Å². The molecule has 0 aliphatic heterocycles. The van der Waals surface area contributed by atoms with Gasteiger partial charge in [0.15, 0.2) is 0 Å². The highest BCUT2D eigenvalue weighted by Gasteiger charge is 2.16. The third kappa shape index (κ3) is 3.65. The highest BCUT2D eigenvalue weighted by molar-refractivity contribution is 5.97. The summed E-state index contributed by atoms with van der Waals surface area (Å²) in [5, 5.41) is 11.3. The van der Waals surface area contributed by atoms with Gasteiger partial charge in [-0.15, -0.1) is 0 Å². The molecule has 0 saturated carbocycles. The summed E-state index contributed by atoms with van der Waals surface area (Å²) >= 11 is 0. The molecule has 0 spiro atoms. The lowest BCUT2D eigenvalue weighted by atomic mass is 9.97. The van der Waals surface area contributed by atoms with Crippen molar-refractivity contribution in [1.29, 1.82) is 0 Å². The molecule has 1 amide bonds. The van der Waals surface area contributed by atoms with Gasteiger partial charge in [0, 0.05) is 17.3 Å². The molecule has 0 aromatic heterocycles. The van der Waals surface area contributed by atoms with Crippen molar-refractivity contribution in [3.63, 3.8) is 0 Å². The second-order valence-corrected chi connectivity index (χ2v) is 3.98. The number of methoxy groups -OCH3 is 1. The lowest BCUT2D eigenvalue weighted by Gasteiger charge is -2.19. The van der Waals surface area contributed by atoms with Crippen molar-refractivity contribution in [2.45, 2.75) is 13.3 Å². The van der Waals surface area contributed by atoms with Crippen molar-refractivity contribution in [1.82, 2.24) is 5.32 Å². The fourth-order valence-corrected chi connectivity index (χ4v) is 1.56. The summed E-state index contributed by atoms with van der Waals surface area (Å²) in [7, 11) is 1.19. The summed E-state index contributed by atoms with van der Waals surface area (Å²) in [5.74, 6) is -2.15. The lowest BCUT2D eigenvalue weighted by molar-refractivity contribution is -0.136. The number of nitrogens with two attached hydrogens (primary N) is 1. The Bertz CT molecular complexity index is 449. The average Bonchev–Trinajstić information content (AvgIpc) is 2.29. The molecule has 0 aromatic carbocycles. The van der Waals surface area contributed by atoms with Gasteiger partial charge in [-0.25, -0.2) is 4.79 Å². The number of hydrogen-bond acceptors (Lipinski definition) is 4. The first-order valence-electron chi connectivity index (χ1n) is 5.40. The Morgan fingerprint density at radius 1 is 1.56 bits per heavy atom. The highest BCUT2D eigenvalue weighted by Crippen LogP contribution is 2.20. The topological polar surface area (TPSA) is 102 Å². The summed E-state index contributed by atoms with van der Waals surface area (Å²) in [4.78, 5) is 22.2. The van der Waals surface area contributed by atoms with Crippen LogP contribution in [0.5, 0.6) is 0 Å². The Labute approximate surface area is 105 Å². The molecule has 6 nitrogen and oxygen atoms in total. The molecule has 1 rings (SSSR count). The zero-order valence-corrected chi connectivity index (χ0v) is 10.3. The van der Waals surface area contributed by atoms with Gasteiger partial charge in [0.2, 0.25) is 5.76 Å². The maximum absolute atomic E-state index is 11.6. The van der Waals surface area contributed by atoms with E-state index in [9.17, 15) is 9.59 Å². The van der Waals surface area contributed by atoms with E-state index in [1.165, 1.54) is 7.11 Å². The molecule has 0 fully saturated rings. The number of allylic oxidation sites excluding steroid dienone is 4.